The van der Waals surface area contributed by atoms with Gasteiger partial charge >= 0.3 is 11.9 Å². The Kier molecular flexibility index (Phi) is 5.10. The third-order valence-corrected chi connectivity index (χ3v) is 2.75. The van der Waals surface area contributed by atoms with Gasteiger partial charge in [-0.15, -0.1) is 0 Å². The predicted molar refractivity (Wildman–Crippen MR) is 78.0 cm³/mol. The van der Waals surface area contributed by atoms with Crippen LogP contribution in [0.1, 0.15) is 23.7 Å². The van der Waals surface area contributed by atoms with E-state index in [9.17, 15) is 9.59 Å². The van der Waals surface area contributed by atoms with Gasteiger partial charge in [0.2, 0.25) is 0 Å². The Morgan fingerprint density at radius 2 is 1.52 bits per heavy atom. The van der Waals surface area contributed by atoms with Gasteiger partial charge in [-0.2, -0.15) is 0 Å². The maximum atomic E-state index is 11.8. The minimum absolute atomic E-state index is 0.00741. The summed E-state index contributed by atoms with van der Waals surface area (Å²) in [5.41, 5.74) is 0.459. The molecule has 0 aliphatic carbocycles. The fourth-order valence-corrected chi connectivity index (χ4v) is 1.76. The summed E-state index contributed by atoms with van der Waals surface area (Å²) in [5.74, 6) is -0.408. The number of carbonyl (C=O) groups excluding carboxylic acids is 2. The SMILES string of the molecule is CC(CC(=O)Oc1ccccc1)OC(=O)c1ccccc1. The molecule has 0 radical (unpaired) electrons. The van der Waals surface area contributed by atoms with Gasteiger partial charge in [-0.3, -0.25) is 4.79 Å². The Hall–Kier alpha value is -2.62. The van der Waals surface area contributed by atoms with Gasteiger partial charge in [0.05, 0.1) is 12.0 Å². The van der Waals surface area contributed by atoms with E-state index in [-0.39, 0.29) is 6.42 Å². The average Bonchev–Trinajstić information content (AvgIpc) is 2.48. The van der Waals surface area contributed by atoms with E-state index in [1.807, 2.05) is 12.1 Å². The number of rotatable bonds is 5. The van der Waals surface area contributed by atoms with Crippen LogP contribution in [0.3, 0.4) is 0 Å². The normalized spacial score (nSPS) is 11.5. The summed E-state index contributed by atoms with van der Waals surface area (Å²) < 4.78 is 10.3. The molecule has 1 atom stereocenters. The van der Waals surface area contributed by atoms with E-state index in [0.29, 0.717) is 11.3 Å². The van der Waals surface area contributed by atoms with Crippen LogP contribution in [-0.4, -0.2) is 18.0 Å². The van der Waals surface area contributed by atoms with Crippen LogP contribution in [0.4, 0.5) is 0 Å². The van der Waals surface area contributed by atoms with E-state index < -0.39 is 18.0 Å². The minimum atomic E-state index is -0.547. The number of carbonyl (C=O) groups is 2. The van der Waals surface area contributed by atoms with E-state index in [0.717, 1.165) is 0 Å². The Morgan fingerprint density at radius 1 is 0.952 bits per heavy atom. The molecule has 0 spiro atoms. The van der Waals surface area contributed by atoms with Crippen LogP contribution >= 0.6 is 0 Å². The molecule has 2 aromatic carbocycles. The monoisotopic (exact) mass is 284 g/mol. The van der Waals surface area contributed by atoms with E-state index in [4.69, 9.17) is 9.47 Å². The molecule has 0 aromatic heterocycles. The maximum absolute atomic E-state index is 11.8. The van der Waals surface area contributed by atoms with Crippen molar-refractivity contribution in [3.05, 3.63) is 66.2 Å². The van der Waals surface area contributed by atoms with Crippen molar-refractivity contribution < 1.29 is 19.1 Å². The first-order valence-corrected chi connectivity index (χ1v) is 6.67. The van der Waals surface area contributed by atoms with Crippen molar-refractivity contribution in [2.75, 3.05) is 0 Å². The Bertz CT molecular complexity index is 593. The van der Waals surface area contributed by atoms with Crippen molar-refractivity contribution >= 4 is 11.9 Å². The highest BCUT2D eigenvalue weighted by Crippen LogP contribution is 2.11. The van der Waals surface area contributed by atoms with Crippen molar-refractivity contribution in [3.8, 4) is 5.75 Å². The highest BCUT2D eigenvalue weighted by atomic mass is 16.6. The van der Waals surface area contributed by atoms with Crippen molar-refractivity contribution in [2.24, 2.45) is 0 Å². The molecule has 0 aliphatic heterocycles. The molecule has 0 aliphatic rings. The van der Waals surface area contributed by atoms with Crippen LogP contribution < -0.4 is 4.74 Å². The highest BCUT2D eigenvalue weighted by Gasteiger charge is 2.16. The third kappa shape index (κ3) is 4.76. The first kappa shape index (κ1) is 14.8. The molecule has 0 saturated carbocycles. The molecule has 4 heteroatoms. The second-order valence-electron chi connectivity index (χ2n) is 4.57. The molecule has 108 valence electrons. The van der Waals surface area contributed by atoms with Crippen molar-refractivity contribution in [1.82, 2.24) is 0 Å². The van der Waals surface area contributed by atoms with Gasteiger partial charge in [0.1, 0.15) is 11.9 Å². The van der Waals surface area contributed by atoms with Gasteiger partial charge in [0.25, 0.3) is 0 Å². The molecular formula is C17H16O4. The lowest BCUT2D eigenvalue weighted by Crippen LogP contribution is -2.21. The summed E-state index contributed by atoms with van der Waals surface area (Å²) in [7, 11) is 0. The number of para-hydroxylation sites is 1. The van der Waals surface area contributed by atoms with Crippen molar-refractivity contribution in [3.63, 3.8) is 0 Å². The predicted octanol–water partition coefficient (Wildman–Crippen LogP) is 3.23. The fraction of sp³-hybridized carbons (Fsp3) is 0.176. The van der Waals surface area contributed by atoms with Crippen LogP contribution in [0.25, 0.3) is 0 Å². The van der Waals surface area contributed by atoms with Crippen molar-refractivity contribution in [1.29, 1.82) is 0 Å². The number of hydrogen-bond donors (Lipinski definition) is 0. The lowest BCUT2D eigenvalue weighted by Gasteiger charge is -2.12. The second kappa shape index (κ2) is 7.24. The largest absolute Gasteiger partial charge is 0.458 e. The van der Waals surface area contributed by atoms with Gasteiger partial charge < -0.3 is 9.47 Å². The molecule has 21 heavy (non-hydrogen) atoms. The summed E-state index contributed by atoms with van der Waals surface area (Å²) in [4.78, 5) is 23.5. The fourth-order valence-electron chi connectivity index (χ4n) is 1.76. The Morgan fingerprint density at radius 3 is 2.14 bits per heavy atom. The highest BCUT2D eigenvalue weighted by molar-refractivity contribution is 5.89. The summed E-state index contributed by atoms with van der Waals surface area (Å²) in [6.45, 7) is 1.66. The van der Waals surface area contributed by atoms with Crippen LogP contribution in [0.5, 0.6) is 5.75 Å². The molecule has 0 amide bonds. The maximum Gasteiger partial charge on any atom is 0.338 e. The molecular weight excluding hydrogens is 268 g/mol. The number of ether oxygens (including phenoxy) is 2. The van der Waals surface area contributed by atoms with Crippen molar-refractivity contribution in [2.45, 2.75) is 19.4 Å². The molecule has 0 N–H and O–H groups in total. The summed E-state index contributed by atoms with van der Waals surface area (Å²) in [6.07, 6.45) is -0.540. The average molecular weight is 284 g/mol. The van der Waals surface area contributed by atoms with Gasteiger partial charge in [0, 0.05) is 0 Å². The van der Waals surface area contributed by atoms with Gasteiger partial charge in [0.15, 0.2) is 0 Å². The summed E-state index contributed by atoms with van der Waals surface area (Å²) in [5, 5.41) is 0. The van der Waals surface area contributed by atoms with Crippen LogP contribution in [0.2, 0.25) is 0 Å². The lowest BCUT2D eigenvalue weighted by molar-refractivity contribution is -0.136. The zero-order chi connectivity index (χ0) is 15.1. The number of esters is 2. The zero-order valence-electron chi connectivity index (χ0n) is 11.7. The number of benzene rings is 2. The third-order valence-electron chi connectivity index (χ3n) is 2.75. The van der Waals surface area contributed by atoms with Crippen LogP contribution in [-0.2, 0) is 9.53 Å². The Labute approximate surface area is 123 Å². The molecule has 0 fully saturated rings. The smallest absolute Gasteiger partial charge is 0.338 e. The molecule has 0 heterocycles. The molecule has 2 aromatic rings. The summed E-state index contributed by atoms with van der Waals surface area (Å²) in [6, 6.07) is 17.4. The number of hydrogen-bond acceptors (Lipinski definition) is 4. The van der Waals surface area contributed by atoms with Gasteiger partial charge in [-0.05, 0) is 31.2 Å². The van der Waals surface area contributed by atoms with E-state index in [1.165, 1.54) is 0 Å². The topological polar surface area (TPSA) is 52.6 Å². The minimum Gasteiger partial charge on any atom is -0.458 e. The summed E-state index contributed by atoms with van der Waals surface area (Å²) >= 11 is 0. The first-order chi connectivity index (χ1) is 10.1. The second-order valence-corrected chi connectivity index (χ2v) is 4.57. The van der Waals surface area contributed by atoms with E-state index in [1.54, 1.807) is 55.5 Å². The standard InChI is InChI=1S/C17H16O4/c1-13(20-17(19)14-8-4-2-5-9-14)12-16(18)21-15-10-6-3-7-11-15/h2-11,13H,12H2,1H3. The molecule has 1 unspecified atom stereocenters. The Balaban J connectivity index is 1.83. The molecule has 0 bridgehead atoms. The van der Waals surface area contributed by atoms with E-state index >= 15 is 0 Å². The van der Waals surface area contributed by atoms with Gasteiger partial charge in [-0.1, -0.05) is 36.4 Å². The molecule has 2 rings (SSSR count). The first-order valence-electron chi connectivity index (χ1n) is 6.67. The zero-order valence-corrected chi connectivity index (χ0v) is 11.7. The van der Waals surface area contributed by atoms with E-state index in [2.05, 4.69) is 0 Å². The van der Waals surface area contributed by atoms with Crippen LogP contribution in [0, 0.1) is 0 Å². The van der Waals surface area contributed by atoms with Gasteiger partial charge in [-0.25, -0.2) is 4.79 Å². The lowest BCUT2D eigenvalue weighted by atomic mass is 10.2. The van der Waals surface area contributed by atoms with Crippen LogP contribution in [0.15, 0.2) is 60.7 Å². The molecule has 0 saturated heterocycles. The molecule has 4 nitrogen and oxygen atoms in total. The quantitative estimate of drug-likeness (QED) is 0.625.